The first-order valence-electron chi connectivity index (χ1n) is 4.38. The molecule has 13 heavy (non-hydrogen) atoms. The van der Waals surface area contributed by atoms with E-state index in [2.05, 4.69) is 22.4 Å². The van der Waals surface area contributed by atoms with Crippen molar-refractivity contribution in [1.82, 2.24) is 10.2 Å². The SMILES string of the molecule is CCC(CCl)Nc1cc(C)cnn1. The molecule has 72 valence electrons. The maximum absolute atomic E-state index is 5.75. The van der Waals surface area contributed by atoms with Gasteiger partial charge in [-0.3, -0.25) is 0 Å². The van der Waals surface area contributed by atoms with Gasteiger partial charge in [-0.25, -0.2) is 0 Å². The minimum Gasteiger partial charge on any atom is -0.365 e. The fourth-order valence-electron chi connectivity index (χ4n) is 0.993. The van der Waals surface area contributed by atoms with Crippen LogP contribution >= 0.6 is 11.6 Å². The number of halogens is 1. The Morgan fingerprint density at radius 3 is 2.92 bits per heavy atom. The largest absolute Gasteiger partial charge is 0.365 e. The van der Waals surface area contributed by atoms with Gasteiger partial charge in [0.05, 0.1) is 6.20 Å². The molecule has 0 aliphatic carbocycles. The van der Waals surface area contributed by atoms with E-state index in [9.17, 15) is 0 Å². The van der Waals surface area contributed by atoms with Gasteiger partial charge in [0.2, 0.25) is 0 Å². The molecule has 1 unspecified atom stereocenters. The molecule has 4 heteroatoms. The smallest absolute Gasteiger partial charge is 0.149 e. The Balaban J connectivity index is 2.62. The topological polar surface area (TPSA) is 37.8 Å². The van der Waals surface area contributed by atoms with Crippen molar-refractivity contribution in [3.05, 3.63) is 17.8 Å². The third-order valence-electron chi connectivity index (χ3n) is 1.82. The zero-order valence-electron chi connectivity index (χ0n) is 7.92. The standard InChI is InChI=1S/C9H14ClN3/c1-3-8(5-10)12-9-4-7(2)6-11-13-9/h4,6,8H,3,5H2,1-2H3,(H,12,13). The highest BCUT2D eigenvalue weighted by molar-refractivity contribution is 6.18. The molecule has 0 radical (unpaired) electrons. The van der Waals surface area contributed by atoms with Gasteiger partial charge in [-0.05, 0) is 25.0 Å². The lowest BCUT2D eigenvalue weighted by atomic mass is 10.2. The van der Waals surface area contributed by atoms with Gasteiger partial charge in [0, 0.05) is 11.9 Å². The molecule has 0 bridgehead atoms. The number of nitrogens with one attached hydrogen (secondary N) is 1. The molecule has 1 aromatic rings. The van der Waals surface area contributed by atoms with E-state index in [1.807, 2.05) is 13.0 Å². The summed E-state index contributed by atoms with van der Waals surface area (Å²) < 4.78 is 0. The van der Waals surface area contributed by atoms with Crippen LogP contribution in [-0.4, -0.2) is 22.1 Å². The van der Waals surface area contributed by atoms with E-state index in [0.717, 1.165) is 17.8 Å². The maximum Gasteiger partial charge on any atom is 0.149 e. The highest BCUT2D eigenvalue weighted by atomic mass is 35.5. The lowest BCUT2D eigenvalue weighted by Crippen LogP contribution is -2.20. The summed E-state index contributed by atoms with van der Waals surface area (Å²) in [5.74, 6) is 1.39. The van der Waals surface area contributed by atoms with E-state index < -0.39 is 0 Å². The summed E-state index contributed by atoms with van der Waals surface area (Å²) in [5, 5.41) is 11.0. The van der Waals surface area contributed by atoms with Crippen LogP contribution in [0.3, 0.4) is 0 Å². The second-order valence-electron chi connectivity index (χ2n) is 3.02. The van der Waals surface area contributed by atoms with Crippen molar-refractivity contribution < 1.29 is 0 Å². The lowest BCUT2D eigenvalue weighted by molar-refractivity contribution is 0.760. The first-order chi connectivity index (χ1) is 6.26. The van der Waals surface area contributed by atoms with Crippen LogP contribution in [0.5, 0.6) is 0 Å². The predicted octanol–water partition coefficient (Wildman–Crippen LogP) is 2.21. The van der Waals surface area contributed by atoms with Crippen LogP contribution in [0.25, 0.3) is 0 Å². The molecule has 1 N–H and O–H groups in total. The van der Waals surface area contributed by atoms with Crippen molar-refractivity contribution in [3.8, 4) is 0 Å². The predicted molar refractivity (Wildman–Crippen MR) is 55.2 cm³/mol. The summed E-state index contributed by atoms with van der Waals surface area (Å²) >= 11 is 5.75. The molecule has 1 rings (SSSR count). The van der Waals surface area contributed by atoms with Gasteiger partial charge in [-0.2, -0.15) is 5.10 Å². The van der Waals surface area contributed by atoms with E-state index >= 15 is 0 Å². The van der Waals surface area contributed by atoms with Gasteiger partial charge in [-0.1, -0.05) is 6.92 Å². The summed E-state index contributed by atoms with van der Waals surface area (Å²) in [7, 11) is 0. The second-order valence-corrected chi connectivity index (χ2v) is 3.33. The Bertz CT molecular complexity index is 261. The molecule has 1 heterocycles. The lowest BCUT2D eigenvalue weighted by Gasteiger charge is -2.13. The van der Waals surface area contributed by atoms with Crippen LogP contribution in [0.15, 0.2) is 12.3 Å². The van der Waals surface area contributed by atoms with E-state index in [0.29, 0.717) is 5.88 Å². The van der Waals surface area contributed by atoms with Crippen LogP contribution in [0.2, 0.25) is 0 Å². The number of anilines is 1. The summed E-state index contributed by atoms with van der Waals surface area (Å²) in [6.07, 6.45) is 2.71. The number of nitrogens with zero attached hydrogens (tertiary/aromatic N) is 2. The van der Waals surface area contributed by atoms with Crippen LogP contribution in [-0.2, 0) is 0 Å². The third kappa shape index (κ3) is 3.19. The van der Waals surface area contributed by atoms with Gasteiger partial charge in [0.1, 0.15) is 5.82 Å². The molecular formula is C9H14ClN3. The molecule has 0 aromatic carbocycles. The fourth-order valence-corrected chi connectivity index (χ4v) is 1.29. The number of hydrogen-bond acceptors (Lipinski definition) is 3. The van der Waals surface area contributed by atoms with E-state index in [-0.39, 0.29) is 6.04 Å². The Morgan fingerprint density at radius 1 is 1.62 bits per heavy atom. The summed E-state index contributed by atoms with van der Waals surface area (Å²) in [4.78, 5) is 0. The number of alkyl halides is 1. The molecule has 0 spiro atoms. The minimum absolute atomic E-state index is 0.276. The quantitative estimate of drug-likeness (QED) is 0.756. The summed E-state index contributed by atoms with van der Waals surface area (Å²) in [5.41, 5.74) is 1.10. The van der Waals surface area contributed by atoms with Crippen LogP contribution in [0.4, 0.5) is 5.82 Å². The van der Waals surface area contributed by atoms with Crippen molar-refractivity contribution in [2.24, 2.45) is 0 Å². The number of aryl methyl sites for hydroxylation is 1. The normalized spacial score (nSPS) is 12.5. The Kier molecular flexibility index (Phi) is 3.96. The molecule has 1 atom stereocenters. The fraction of sp³-hybridized carbons (Fsp3) is 0.556. The molecule has 0 aliphatic heterocycles. The molecule has 3 nitrogen and oxygen atoms in total. The Morgan fingerprint density at radius 2 is 2.38 bits per heavy atom. The molecule has 0 amide bonds. The first kappa shape index (κ1) is 10.3. The molecule has 0 saturated carbocycles. The van der Waals surface area contributed by atoms with Crippen molar-refractivity contribution in [1.29, 1.82) is 0 Å². The average molecular weight is 200 g/mol. The first-order valence-corrected chi connectivity index (χ1v) is 4.91. The molecule has 1 aromatic heterocycles. The Hall–Kier alpha value is -0.830. The van der Waals surface area contributed by atoms with Gasteiger partial charge >= 0.3 is 0 Å². The van der Waals surface area contributed by atoms with Crippen molar-refractivity contribution in [3.63, 3.8) is 0 Å². The van der Waals surface area contributed by atoms with Crippen LogP contribution in [0, 0.1) is 6.92 Å². The highest BCUT2D eigenvalue weighted by Crippen LogP contribution is 2.07. The van der Waals surface area contributed by atoms with E-state index in [1.165, 1.54) is 0 Å². The summed E-state index contributed by atoms with van der Waals surface area (Å²) in [6, 6.07) is 2.24. The molecule has 0 saturated heterocycles. The number of hydrogen-bond donors (Lipinski definition) is 1. The monoisotopic (exact) mass is 199 g/mol. The van der Waals surface area contributed by atoms with Gasteiger partial charge in [-0.15, -0.1) is 16.7 Å². The minimum atomic E-state index is 0.276. The van der Waals surface area contributed by atoms with Crippen molar-refractivity contribution >= 4 is 17.4 Å². The zero-order valence-corrected chi connectivity index (χ0v) is 8.67. The van der Waals surface area contributed by atoms with Crippen LogP contribution in [0.1, 0.15) is 18.9 Å². The summed E-state index contributed by atoms with van der Waals surface area (Å²) in [6.45, 7) is 4.07. The van der Waals surface area contributed by atoms with Crippen molar-refractivity contribution in [2.45, 2.75) is 26.3 Å². The highest BCUT2D eigenvalue weighted by Gasteiger charge is 2.04. The number of aromatic nitrogens is 2. The van der Waals surface area contributed by atoms with Gasteiger partial charge in [0.25, 0.3) is 0 Å². The van der Waals surface area contributed by atoms with Crippen LogP contribution < -0.4 is 5.32 Å². The molecule has 0 aliphatic rings. The average Bonchev–Trinajstić information content (AvgIpc) is 2.14. The van der Waals surface area contributed by atoms with Gasteiger partial charge in [0.15, 0.2) is 0 Å². The van der Waals surface area contributed by atoms with Crippen molar-refractivity contribution in [2.75, 3.05) is 11.2 Å². The van der Waals surface area contributed by atoms with Gasteiger partial charge < -0.3 is 5.32 Å². The zero-order chi connectivity index (χ0) is 9.68. The Labute approximate surface area is 83.5 Å². The van der Waals surface area contributed by atoms with E-state index in [4.69, 9.17) is 11.6 Å². The second kappa shape index (κ2) is 5.02. The molecular weight excluding hydrogens is 186 g/mol. The number of rotatable bonds is 4. The van der Waals surface area contributed by atoms with E-state index in [1.54, 1.807) is 6.20 Å². The third-order valence-corrected chi connectivity index (χ3v) is 2.19. The molecule has 0 fully saturated rings. The maximum atomic E-state index is 5.75.